The Labute approximate surface area is 109 Å². The zero-order valence-electron chi connectivity index (χ0n) is 10.7. The minimum atomic E-state index is 0.678. The molecule has 1 aromatic heterocycles. The summed E-state index contributed by atoms with van der Waals surface area (Å²) in [6, 6.07) is 15.1. The van der Waals surface area contributed by atoms with E-state index in [1.165, 1.54) is 30.6 Å². The number of aromatic nitrogens is 1. The Morgan fingerprint density at radius 1 is 1.11 bits per heavy atom. The lowest BCUT2D eigenvalue weighted by Gasteiger charge is -2.25. The van der Waals surface area contributed by atoms with Crippen LogP contribution >= 0.6 is 0 Å². The summed E-state index contributed by atoms with van der Waals surface area (Å²) in [5, 5.41) is 3.59. The third-order valence-corrected chi connectivity index (χ3v) is 3.80. The molecule has 1 aliphatic rings. The number of hydrogen-bond donors (Lipinski definition) is 1. The number of nitrogens with zero attached hydrogens (tertiary/aromatic N) is 1. The Morgan fingerprint density at radius 3 is 2.89 bits per heavy atom. The van der Waals surface area contributed by atoms with Crippen molar-refractivity contribution in [1.82, 2.24) is 9.88 Å². The highest BCUT2D eigenvalue weighted by molar-refractivity contribution is 5.16. The normalized spacial score (nSPS) is 18.6. The lowest BCUT2D eigenvalue weighted by molar-refractivity contribution is 0.433. The Balaban J connectivity index is 1.56. The lowest BCUT2D eigenvalue weighted by Crippen LogP contribution is -2.25. The summed E-state index contributed by atoms with van der Waals surface area (Å²) in [7, 11) is 0. The van der Waals surface area contributed by atoms with Crippen molar-refractivity contribution in [3.8, 4) is 0 Å². The predicted molar refractivity (Wildman–Crippen MR) is 74.6 cm³/mol. The average Bonchev–Trinajstić information content (AvgIpc) is 2.89. The van der Waals surface area contributed by atoms with Crippen LogP contribution in [-0.2, 0) is 13.1 Å². The van der Waals surface area contributed by atoms with Gasteiger partial charge >= 0.3 is 0 Å². The Morgan fingerprint density at radius 2 is 2.00 bits per heavy atom. The van der Waals surface area contributed by atoms with Gasteiger partial charge in [0.25, 0.3) is 0 Å². The number of hydrogen-bond acceptors (Lipinski definition) is 1. The van der Waals surface area contributed by atoms with E-state index in [1.54, 1.807) is 0 Å². The van der Waals surface area contributed by atoms with Gasteiger partial charge in [0.2, 0.25) is 0 Å². The summed E-state index contributed by atoms with van der Waals surface area (Å²) in [5.74, 6) is 0.678. The highest BCUT2D eigenvalue weighted by Crippen LogP contribution is 2.26. The van der Waals surface area contributed by atoms with E-state index in [9.17, 15) is 0 Å². The molecule has 0 saturated heterocycles. The average molecular weight is 240 g/mol. The first-order chi connectivity index (χ1) is 8.93. The van der Waals surface area contributed by atoms with Crippen molar-refractivity contribution in [1.29, 1.82) is 0 Å². The van der Waals surface area contributed by atoms with Crippen LogP contribution in [0.4, 0.5) is 0 Å². The molecule has 1 aromatic carbocycles. The van der Waals surface area contributed by atoms with Crippen LogP contribution in [-0.4, -0.2) is 11.1 Å². The highest BCUT2D eigenvalue weighted by Gasteiger charge is 2.18. The van der Waals surface area contributed by atoms with Crippen molar-refractivity contribution in [2.75, 3.05) is 6.54 Å². The van der Waals surface area contributed by atoms with Gasteiger partial charge < -0.3 is 9.88 Å². The summed E-state index contributed by atoms with van der Waals surface area (Å²) in [6.45, 7) is 3.24. The molecule has 1 unspecified atom stereocenters. The van der Waals surface area contributed by atoms with Crippen molar-refractivity contribution < 1.29 is 0 Å². The molecule has 2 nitrogen and oxygen atoms in total. The molecular weight excluding hydrogens is 220 g/mol. The second-order valence-electron chi connectivity index (χ2n) is 5.08. The van der Waals surface area contributed by atoms with Gasteiger partial charge in [-0.25, -0.2) is 0 Å². The smallest absolute Gasteiger partial charge is 0.0222 e. The molecule has 0 saturated carbocycles. The Bertz CT molecular complexity index is 487. The molecule has 2 heterocycles. The molecule has 0 radical (unpaired) electrons. The summed E-state index contributed by atoms with van der Waals surface area (Å²) in [4.78, 5) is 0. The molecule has 94 valence electrons. The van der Waals surface area contributed by atoms with E-state index in [0.717, 1.165) is 13.1 Å². The van der Waals surface area contributed by atoms with Gasteiger partial charge in [0, 0.05) is 37.4 Å². The number of nitrogens with one attached hydrogen (secondary N) is 1. The maximum atomic E-state index is 3.59. The topological polar surface area (TPSA) is 17.0 Å². The molecule has 0 fully saturated rings. The second-order valence-corrected chi connectivity index (χ2v) is 5.08. The van der Waals surface area contributed by atoms with Gasteiger partial charge in [0.15, 0.2) is 0 Å². The Hall–Kier alpha value is -1.54. The van der Waals surface area contributed by atoms with E-state index in [0.29, 0.717) is 5.92 Å². The van der Waals surface area contributed by atoms with Gasteiger partial charge in [0.05, 0.1) is 0 Å². The molecule has 18 heavy (non-hydrogen) atoms. The zero-order valence-corrected chi connectivity index (χ0v) is 10.7. The first-order valence-corrected chi connectivity index (χ1v) is 6.83. The van der Waals surface area contributed by atoms with Crippen molar-refractivity contribution >= 4 is 0 Å². The summed E-state index contributed by atoms with van der Waals surface area (Å²) in [6.07, 6.45) is 4.82. The van der Waals surface area contributed by atoms with Gasteiger partial charge in [0.1, 0.15) is 0 Å². The molecule has 0 aliphatic carbocycles. The number of rotatable bonds is 4. The molecule has 2 aromatic rings. The molecule has 0 bridgehead atoms. The van der Waals surface area contributed by atoms with E-state index in [1.807, 2.05) is 0 Å². The molecule has 0 amide bonds. The van der Waals surface area contributed by atoms with Crippen LogP contribution in [0.3, 0.4) is 0 Å². The van der Waals surface area contributed by atoms with Crippen LogP contribution in [0, 0.1) is 0 Å². The lowest BCUT2D eigenvalue weighted by atomic mass is 9.96. The number of benzene rings is 1. The van der Waals surface area contributed by atoms with Gasteiger partial charge in [-0.1, -0.05) is 30.3 Å². The molecule has 2 heteroatoms. The standard InChI is InChI=1S/C16H20N2/c1-2-6-14(7-3-1)12-17-13-15-8-4-10-18-11-5-9-16(15)18/h1-3,5-7,9,11,15,17H,4,8,10,12-13H2. The minimum absolute atomic E-state index is 0.678. The van der Waals surface area contributed by atoms with Crippen molar-refractivity contribution in [3.05, 3.63) is 59.9 Å². The second kappa shape index (κ2) is 5.40. The molecule has 1 atom stereocenters. The Kier molecular flexibility index (Phi) is 3.47. The molecule has 3 rings (SSSR count). The third-order valence-electron chi connectivity index (χ3n) is 3.80. The minimum Gasteiger partial charge on any atom is -0.351 e. The summed E-state index contributed by atoms with van der Waals surface area (Å²) in [5.41, 5.74) is 2.87. The van der Waals surface area contributed by atoms with Gasteiger partial charge in [-0.05, 0) is 30.5 Å². The van der Waals surface area contributed by atoms with E-state index in [-0.39, 0.29) is 0 Å². The third kappa shape index (κ3) is 2.49. The molecule has 0 spiro atoms. The van der Waals surface area contributed by atoms with Gasteiger partial charge in [-0.15, -0.1) is 0 Å². The maximum absolute atomic E-state index is 3.59. The quantitative estimate of drug-likeness (QED) is 0.868. The molecule has 1 aliphatic heterocycles. The van der Waals surface area contributed by atoms with E-state index < -0.39 is 0 Å². The first kappa shape index (κ1) is 11.5. The van der Waals surface area contributed by atoms with E-state index in [4.69, 9.17) is 0 Å². The fraction of sp³-hybridized carbons (Fsp3) is 0.375. The largest absolute Gasteiger partial charge is 0.351 e. The predicted octanol–water partition coefficient (Wildman–Crippen LogP) is 3.16. The van der Waals surface area contributed by atoms with Crippen molar-refractivity contribution in [2.45, 2.75) is 31.8 Å². The van der Waals surface area contributed by atoms with Crippen LogP contribution in [0.2, 0.25) is 0 Å². The van der Waals surface area contributed by atoms with Crippen molar-refractivity contribution in [2.24, 2.45) is 0 Å². The van der Waals surface area contributed by atoms with Crippen LogP contribution in [0.5, 0.6) is 0 Å². The number of aryl methyl sites for hydroxylation is 1. The van der Waals surface area contributed by atoms with E-state index >= 15 is 0 Å². The summed E-state index contributed by atoms with van der Waals surface area (Å²) >= 11 is 0. The zero-order chi connectivity index (χ0) is 12.2. The van der Waals surface area contributed by atoms with Crippen molar-refractivity contribution in [3.63, 3.8) is 0 Å². The first-order valence-electron chi connectivity index (χ1n) is 6.83. The maximum Gasteiger partial charge on any atom is 0.0222 e. The van der Waals surface area contributed by atoms with E-state index in [2.05, 4.69) is 58.5 Å². The fourth-order valence-corrected chi connectivity index (χ4v) is 2.85. The van der Waals surface area contributed by atoms with Crippen LogP contribution in [0.25, 0.3) is 0 Å². The summed E-state index contributed by atoms with van der Waals surface area (Å²) < 4.78 is 2.40. The van der Waals surface area contributed by atoms with Crippen LogP contribution in [0.1, 0.15) is 30.0 Å². The number of fused-ring (bicyclic) bond motifs is 1. The highest BCUT2D eigenvalue weighted by atomic mass is 15.0. The van der Waals surface area contributed by atoms with Crippen LogP contribution in [0.15, 0.2) is 48.7 Å². The van der Waals surface area contributed by atoms with Crippen LogP contribution < -0.4 is 5.32 Å². The SMILES string of the molecule is c1ccc(CNCC2CCCn3cccc32)cc1. The van der Waals surface area contributed by atoms with Gasteiger partial charge in [-0.2, -0.15) is 0 Å². The molecular formula is C16H20N2. The molecule has 1 N–H and O–H groups in total. The monoisotopic (exact) mass is 240 g/mol. The fourth-order valence-electron chi connectivity index (χ4n) is 2.85. The van der Waals surface area contributed by atoms with Gasteiger partial charge in [-0.3, -0.25) is 0 Å².